The van der Waals surface area contributed by atoms with E-state index in [4.69, 9.17) is 0 Å². The molecule has 28 heavy (non-hydrogen) atoms. The molecule has 1 aliphatic heterocycles. The van der Waals surface area contributed by atoms with Crippen LogP contribution in [0.4, 0.5) is 5.82 Å². The number of aliphatic hydroxyl groups excluding tert-OH is 1. The van der Waals surface area contributed by atoms with Crippen LogP contribution < -0.4 is 5.32 Å². The lowest BCUT2D eigenvalue weighted by molar-refractivity contribution is -0.113. The van der Waals surface area contributed by atoms with E-state index in [0.717, 1.165) is 9.69 Å². The standard InChI is InChI=1S/C20H17N3O4S/c1-2-23-17(20(25)22-16-9-5-6-12-21-16)18(24)15-11-10-13-7-3-4-8-14(13)19(15)28(23,26)27/h3-12,24H,2H2,1H3,(H,21,22,25). The molecule has 8 heteroatoms. The Morgan fingerprint density at radius 1 is 1.11 bits per heavy atom. The van der Waals surface area contributed by atoms with Gasteiger partial charge in [-0.2, -0.15) is 0 Å². The van der Waals surface area contributed by atoms with Crippen LogP contribution in [0.2, 0.25) is 0 Å². The minimum Gasteiger partial charge on any atom is -0.505 e. The monoisotopic (exact) mass is 395 g/mol. The van der Waals surface area contributed by atoms with Crippen LogP contribution in [-0.4, -0.2) is 35.3 Å². The van der Waals surface area contributed by atoms with Crippen molar-refractivity contribution in [3.63, 3.8) is 0 Å². The number of amides is 1. The number of anilines is 1. The number of nitrogens with zero attached hydrogens (tertiary/aromatic N) is 2. The number of aromatic nitrogens is 1. The molecule has 0 fully saturated rings. The first kappa shape index (κ1) is 18.0. The van der Waals surface area contributed by atoms with Crippen LogP contribution in [0.25, 0.3) is 16.5 Å². The van der Waals surface area contributed by atoms with Crippen molar-refractivity contribution in [3.8, 4) is 0 Å². The van der Waals surface area contributed by atoms with E-state index in [1.54, 1.807) is 49.4 Å². The molecule has 142 valence electrons. The van der Waals surface area contributed by atoms with E-state index in [-0.39, 0.29) is 34.3 Å². The Labute approximate surface area is 162 Å². The van der Waals surface area contributed by atoms with E-state index >= 15 is 0 Å². The average Bonchev–Trinajstić information content (AvgIpc) is 2.70. The van der Waals surface area contributed by atoms with Crippen molar-refractivity contribution in [1.29, 1.82) is 0 Å². The van der Waals surface area contributed by atoms with Gasteiger partial charge in [-0.1, -0.05) is 36.4 Å². The summed E-state index contributed by atoms with van der Waals surface area (Å²) in [5, 5.41) is 14.6. The second kappa shape index (κ2) is 6.65. The Balaban J connectivity index is 1.94. The fourth-order valence-corrected chi connectivity index (χ4v) is 5.22. The first-order valence-electron chi connectivity index (χ1n) is 8.65. The molecule has 1 amide bonds. The molecule has 0 aliphatic carbocycles. The number of hydrogen-bond donors (Lipinski definition) is 2. The van der Waals surface area contributed by atoms with Crippen LogP contribution in [0.3, 0.4) is 0 Å². The number of carbonyl (C=O) groups is 1. The lowest BCUT2D eigenvalue weighted by Crippen LogP contribution is -2.40. The zero-order chi connectivity index (χ0) is 19.9. The van der Waals surface area contributed by atoms with Crippen LogP contribution in [0.5, 0.6) is 0 Å². The molecular weight excluding hydrogens is 378 g/mol. The van der Waals surface area contributed by atoms with Crippen molar-refractivity contribution >= 4 is 38.3 Å². The molecule has 7 nitrogen and oxygen atoms in total. The van der Waals surface area contributed by atoms with Gasteiger partial charge in [0.05, 0.1) is 0 Å². The van der Waals surface area contributed by atoms with E-state index in [9.17, 15) is 18.3 Å². The molecule has 3 aromatic rings. The molecular formula is C20H17N3O4S. The van der Waals surface area contributed by atoms with Crippen LogP contribution in [0.15, 0.2) is 71.4 Å². The molecule has 0 unspecified atom stereocenters. The third-order valence-electron chi connectivity index (χ3n) is 4.57. The van der Waals surface area contributed by atoms with Gasteiger partial charge in [-0.05, 0) is 30.5 Å². The maximum absolute atomic E-state index is 13.3. The van der Waals surface area contributed by atoms with Gasteiger partial charge < -0.3 is 10.4 Å². The molecule has 2 heterocycles. The average molecular weight is 395 g/mol. The summed E-state index contributed by atoms with van der Waals surface area (Å²) in [4.78, 5) is 16.8. The Morgan fingerprint density at radius 3 is 2.57 bits per heavy atom. The summed E-state index contributed by atoms with van der Waals surface area (Å²) < 4.78 is 27.6. The zero-order valence-corrected chi connectivity index (χ0v) is 15.8. The number of pyridine rings is 1. The highest BCUT2D eigenvalue weighted by Gasteiger charge is 2.40. The van der Waals surface area contributed by atoms with Crippen molar-refractivity contribution in [2.45, 2.75) is 11.8 Å². The van der Waals surface area contributed by atoms with Gasteiger partial charge in [-0.25, -0.2) is 13.4 Å². The Bertz CT molecular complexity index is 1220. The molecule has 0 spiro atoms. The van der Waals surface area contributed by atoms with Crippen LogP contribution in [-0.2, 0) is 14.8 Å². The van der Waals surface area contributed by atoms with Gasteiger partial charge in [-0.3, -0.25) is 9.10 Å². The predicted octanol–water partition coefficient (Wildman–Crippen LogP) is 3.12. The number of nitrogens with one attached hydrogen (secondary N) is 1. The highest BCUT2D eigenvalue weighted by molar-refractivity contribution is 7.89. The second-order valence-electron chi connectivity index (χ2n) is 6.20. The summed E-state index contributed by atoms with van der Waals surface area (Å²) in [6.45, 7) is 1.59. The molecule has 2 aromatic carbocycles. The molecule has 0 atom stereocenters. The topological polar surface area (TPSA) is 99.6 Å². The maximum Gasteiger partial charge on any atom is 0.277 e. The van der Waals surface area contributed by atoms with E-state index in [1.807, 2.05) is 6.07 Å². The molecule has 4 rings (SSSR count). The zero-order valence-electron chi connectivity index (χ0n) is 15.0. The summed E-state index contributed by atoms with van der Waals surface area (Å²) in [6, 6.07) is 15.2. The number of benzene rings is 2. The second-order valence-corrected chi connectivity index (χ2v) is 8.00. The van der Waals surface area contributed by atoms with Crippen molar-refractivity contribution in [3.05, 3.63) is 72.1 Å². The number of likely N-dealkylation sites (N-methyl/N-ethyl adjacent to an activating group) is 1. The molecule has 1 aromatic heterocycles. The Kier molecular flexibility index (Phi) is 4.27. The van der Waals surface area contributed by atoms with E-state index in [1.165, 1.54) is 12.3 Å². The normalized spacial score (nSPS) is 15.4. The number of hydrogen-bond acceptors (Lipinski definition) is 5. The number of carbonyl (C=O) groups excluding carboxylic acids is 1. The SMILES string of the molecule is CCN1C(C(=O)Nc2ccccn2)=C(O)c2ccc3ccccc3c2S1(=O)=O. The summed E-state index contributed by atoms with van der Waals surface area (Å²) in [5.41, 5.74) is -0.217. The van der Waals surface area contributed by atoms with Crippen LogP contribution in [0, 0.1) is 0 Å². The number of rotatable bonds is 3. The van der Waals surface area contributed by atoms with Crippen LogP contribution in [0.1, 0.15) is 12.5 Å². The minimum atomic E-state index is -4.04. The van der Waals surface area contributed by atoms with Gasteiger partial charge in [0.1, 0.15) is 10.7 Å². The highest BCUT2D eigenvalue weighted by Crippen LogP contribution is 2.39. The summed E-state index contributed by atoms with van der Waals surface area (Å²) in [6.07, 6.45) is 1.50. The summed E-state index contributed by atoms with van der Waals surface area (Å²) in [7, 11) is -4.04. The molecule has 0 saturated heterocycles. The highest BCUT2D eigenvalue weighted by atomic mass is 32.2. The third kappa shape index (κ3) is 2.69. The largest absolute Gasteiger partial charge is 0.505 e. The smallest absolute Gasteiger partial charge is 0.277 e. The van der Waals surface area contributed by atoms with Gasteiger partial charge in [0, 0.05) is 23.7 Å². The van der Waals surface area contributed by atoms with Crippen LogP contribution >= 0.6 is 0 Å². The Morgan fingerprint density at radius 2 is 1.86 bits per heavy atom. The molecule has 0 radical (unpaired) electrons. The van der Waals surface area contributed by atoms with E-state index < -0.39 is 15.9 Å². The fourth-order valence-electron chi connectivity index (χ4n) is 3.34. The van der Waals surface area contributed by atoms with Crippen molar-refractivity contribution in [1.82, 2.24) is 9.29 Å². The van der Waals surface area contributed by atoms with Gasteiger partial charge in [-0.15, -0.1) is 0 Å². The van der Waals surface area contributed by atoms with Crippen molar-refractivity contribution in [2.24, 2.45) is 0 Å². The minimum absolute atomic E-state index is 0.000615. The predicted molar refractivity (Wildman–Crippen MR) is 106 cm³/mol. The number of aliphatic hydroxyl groups is 1. The summed E-state index contributed by atoms with van der Waals surface area (Å²) in [5.74, 6) is -0.878. The fraction of sp³-hybridized carbons (Fsp3) is 0.100. The molecule has 1 aliphatic rings. The van der Waals surface area contributed by atoms with Crippen molar-refractivity contribution < 1.29 is 18.3 Å². The number of sulfonamides is 1. The molecule has 2 N–H and O–H groups in total. The summed E-state index contributed by atoms with van der Waals surface area (Å²) >= 11 is 0. The van der Waals surface area contributed by atoms with Gasteiger partial charge >= 0.3 is 0 Å². The maximum atomic E-state index is 13.3. The van der Waals surface area contributed by atoms with Crippen molar-refractivity contribution in [2.75, 3.05) is 11.9 Å². The first-order chi connectivity index (χ1) is 13.4. The Hall–Kier alpha value is -3.39. The molecule has 0 bridgehead atoms. The van der Waals surface area contributed by atoms with E-state index in [0.29, 0.717) is 5.39 Å². The lowest BCUT2D eigenvalue weighted by Gasteiger charge is -2.31. The van der Waals surface area contributed by atoms with Gasteiger partial charge in [0.25, 0.3) is 15.9 Å². The quantitative estimate of drug-likeness (QED) is 0.710. The molecule has 0 saturated carbocycles. The van der Waals surface area contributed by atoms with Gasteiger partial charge in [0.15, 0.2) is 11.5 Å². The first-order valence-corrected chi connectivity index (χ1v) is 10.1. The van der Waals surface area contributed by atoms with Gasteiger partial charge in [0.2, 0.25) is 0 Å². The third-order valence-corrected chi connectivity index (χ3v) is 6.54. The number of fused-ring (bicyclic) bond motifs is 3. The lowest BCUT2D eigenvalue weighted by atomic mass is 10.0. The van der Waals surface area contributed by atoms with E-state index in [2.05, 4.69) is 10.3 Å².